The van der Waals surface area contributed by atoms with Crippen LogP contribution in [0.4, 0.5) is 0 Å². The maximum Gasteiger partial charge on any atom is 0.224 e. The summed E-state index contributed by atoms with van der Waals surface area (Å²) >= 11 is 0. The quantitative estimate of drug-likeness (QED) is 0.843. The molecule has 0 aliphatic carbocycles. The van der Waals surface area contributed by atoms with E-state index in [1.807, 2.05) is 35.2 Å². The van der Waals surface area contributed by atoms with Gasteiger partial charge in [-0.05, 0) is 5.56 Å². The molecule has 2 N–H and O–H groups in total. The molecule has 0 spiro atoms. The number of methoxy groups -OCH3 is 1. The highest BCUT2D eigenvalue weighted by atomic mass is 16.5. The Morgan fingerprint density at radius 3 is 2.76 bits per heavy atom. The fraction of sp³-hybridized carbons (Fsp3) is 0.462. The third-order valence-corrected chi connectivity index (χ3v) is 3.15. The number of nitrogens with zero attached hydrogens (tertiary/aromatic N) is 1. The van der Waals surface area contributed by atoms with Gasteiger partial charge in [0.2, 0.25) is 5.91 Å². The molecule has 0 bridgehead atoms. The van der Waals surface area contributed by atoms with E-state index in [-0.39, 0.29) is 18.0 Å². The van der Waals surface area contributed by atoms with Gasteiger partial charge in [-0.3, -0.25) is 4.79 Å². The number of likely N-dealkylation sites (tertiary alicyclic amines) is 1. The summed E-state index contributed by atoms with van der Waals surface area (Å²) in [7, 11) is 1.64. The number of nitrogens with two attached hydrogens (primary N) is 1. The van der Waals surface area contributed by atoms with Gasteiger partial charge in [-0.2, -0.15) is 0 Å². The minimum absolute atomic E-state index is 0.0150. The van der Waals surface area contributed by atoms with E-state index in [4.69, 9.17) is 10.5 Å². The van der Waals surface area contributed by atoms with Crippen molar-refractivity contribution < 1.29 is 9.53 Å². The number of hydrogen-bond donors (Lipinski definition) is 1. The normalized spacial score (nSPS) is 24.4. The van der Waals surface area contributed by atoms with E-state index in [1.54, 1.807) is 7.11 Å². The molecule has 1 aromatic carbocycles. The molecule has 0 saturated carbocycles. The van der Waals surface area contributed by atoms with Crippen LogP contribution in [0.15, 0.2) is 30.3 Å². The van der Waals surface area contributed by atoms with Crippen molar-refractivity contribution in [1.82, 2.24) is 4.90 Å². The van der Waals surface area contributed by atoms with Gasteiger partial charge in [-0.25, -0.2) is 0 Å². The molecule has 92 valence electrons. The molecule has 4 nitrogen and oxygen atoms in total. The average Bonchev–Trinajstić information content (AvgIpc) is 2.62. The Kier molecular flexibility index (Phi) is 3.76. The van der Waals surface area contributed by atoms with Gasteiger partial charge in [0.05, 0.1) is 12.6 Å². The van der Waals surface area contributed by atoms with Crippen LogP contribution in [0.1, 0.15) is 18.0 Å². The summed E-state index contributed by atoms with van der Waals surface area (Å²) < 4.78 is 5.04. The second-order valence-electron chi connectivity index (χ2n) is 4.30. The third kappa shape index (κ3) is 2.48. The molecule has 2 rings (SSSR count). The number of carbonyl (C=O) groups excluding carboxylic acids is 1. The SMILES string of the molecule is COCCN1C(=O)CC(N)C1c1ccccc1. The lowest BCUT2D eigenvalue weighted by atomic mass is 10.0. The molecule has 1 aromatic rings. The monoisotopic (exact) mass is 234 g/mol. The largest absolute Gasteiger partial charge is 0.383 e. The van der Waals surface area contributed by atoms with Crippen molar-refractivity contribution in [2.75, 3.05) is 20.3 Å². The molecule has 0 radical (unpaired) electrons. The lowest BCUT2D eigenvalue weighted by Gasteiger charge is -2.27. The first-order valence-corrected chi connectivity index (χ1v) is 5.83. The molecular formula is C13H18N2O2. The Morgan fingerprint density at radius 2 is 2.12 bits per heavy atom. The zero-order valence-corrected chi connectivity index (χ0v) is 10.0. The highest BCUT2D eigenvalue weighted by Gasteiger charge is 2.37. The summed E-state index contributed by atoms with van der Waals surface area (Å²) in [4.78, 5) is 13.7. The van der Waals surface area contributed by atoms with Gasteiger partial charge in [0.15, 0.2) is 0 Å². The molecule has 1 fully saturated rings. The van der Waals surface area contributed by atoms with Crippen LogP contribution >= 0.6 is 0 Å². The van der Waals surface area contributed by atoms with Crippen LogP contribution in [0.5, 0.6) is 0 Å². The van der Waals surface area contributed by atoms with E-state index in [1.165, 1.54) is 0 Å². The van der Waals surface area contributed by atoms with Crippen LogP contribution in [-0.4, -0.2) is 37.1 Å². The van der Waals surface area contributed by atoms with Crippen molar-refractivity contribution in [2.24, 2.45) is 5.73 Å². The first-order chi connectivity index (χ1) is 8.24. The number of benzene rings is 1. The zero-order chi connectivity index (χ0) is 12.3. The molecule has 17 heavy (non-hydrogen) atoms. The first kappa shape index (κ1) is 12.1. The number of ether oxygens (including phenoxy) is 1. The molecule has 2 atom stereocenters. The van der Waals surface area contributed by atoms with E-state index in [0.717, 1.165) is 5.56 Å². The number of rotatable bonds is 4. The maximum atomic E-state index is 11.9. The lowest BCUT2D eigenvalue weighted by molar-refractivity contribution is -0.129. The minimum atomic E-state index is -0.123. The molecule has 1 saturated heterocycles. The van der Waals surface area contributed by atoms with Gasteiger partial charge in [0, 0.05) is 26.1 Å². The summed E-state index contributed by atoms with van der Waals surface area (Å²) in [6.07, 6.45) is 0.420. The van der Waals surface area contributed by atoms with Gasteiger partial charge in [0.25, 0.3) is 0 Å². The Morgan fingerprint density at radius 1 is 1.41 bits per heavy atom. The van der Waals surface area contributed by atoms with Crippen LogP contribution in [0.2, 0.25) is 0 Å². The van der Waals surface area contributed by atoms with Crippen LogP contribution < -0.4 is 5.73 Å². The molecule has 0 aromatic heterocycles. The van der Waals surface area contributed by atoms with Gasteiger partial charge >= 0.3 is 0 Å². The van der Waals surface area contributed by atoms with E-state index in [2.05, 4.69) is 0 Å². The molecule has 1 aliphatic heterocycles. The van der Waals surface area contributed by atoms with Crippen molar-refractivity contribution >= 4 is 5.91 Å². The Labute approximate surface area is 101 Å². The summed E-state index contributed by atoms with van der Waals surface area (Å²) in [5, 5.41) is 0. The topological polar surface area (TPSA) is 55.6 Å². The van der Waals surface area contributed by atoms with Crippen LogP contribution in [-0.2, 0) is 9.53 Å². The summed E-state index contributed by atoms with van der Waals surface area (Å²) in [5.74, 6) is 0.114. The van der Waals surface area contributed by atoms with E-state index in [0.29, 0.717) is 19.6 Å². The van der Waals surface area contributed by atoms with Crippen molar-refractivity contribution in [1.29, 1.82) is 0 Å². The lowest BCUT2D eigenvalue weighted by Crippen LogP contribution is -2.35. The van der Waals surface area contributed by atoms with Gasteiger partial charge in [0.1, 0.15) is 0 Å². The van der Waals surface area contributed by atoms with Crippen LogP contribution in [0.25, 0.3) is 0 Å². The van der Waals surface area contributed by atoms with Gasteiger partial charge < -0.3 is 15.4 Å². The second-order valence-corrected chi connectivity index (χ2v) is 4.30. The highest BCUT2D eigenvalue weighted by Crippen LogP contribution is 2.31. The van der Waals surface area contributed by atoms with Crippen molar-refractivity contribution in [2.45, 2.75) is 18.5 Å². The molecular weight excluding hydrogens is 216 g/mol. The fourth-order valence-electron chi connectivity index (χ4n) is 2.35. The van der Waals surface area contributed by atoms with E-state index < -0.39 is 0 Å². The first-order valence-electron chi connectivity index (χ1n) is 5.83. The molecule has 1 heterocycles. The minimum Gasteiger partial charge on any atom is -0.383 e. The average molecular weight is 234 g/mol. The smallest absolute Gasteiger partial charge is 0.224 e. The number of carbonyl (C=O) groups is 1. The molecule has 2 unspecified atom stereocenters. The third-order valence-electron chi connectivity index (χ3n) is 3.15. The zero-order valence-electron chi connectivity index (χ0n) is 10.0. The molecule has 1 amide bonds. The van der Waals surface area contributed by atoms with Crippen LogP contribution in [0, 0.1) is 0 Å². The Bertz CT molecular complexity index is 380. The van der Waals surface area contributed by atoms with E-state index in [9.17, 15) is 4.79 Å². The summed E-state index contributed by atoms with van der Waals surface area (Å²) in [6.45, 7) is 1.14. The van der Waals surface area contributed by atoms with Crippen molar-refractivity contribution in [3.05, 3.63) is 35.9 Å². The van der Waals surface area contributed by atoms with E-state index >= 15 is 0 Å². The Hall–Kier alpha value is -1.39. The molecule has 1 aliphatic rings. The summed E-state index contributed by atoms with van der Waals surface area (Å²) in [5.41, 5.74) is 7.16. The predicted octanol–water partition coefficient (Wildman–Crippen LogP) is 0.934. The molecule has 4 heteroatoms. The van der Waals surface area contributed by atoms with Crippen molar-refractivity contribution in [3.63, 3.8) is 0 Å². The van der Waals surface area contributed by atoms with Crippen molar-refractivity contribution in [3.8, 4) is 0 Å². The second kappa shape index (κ2) is 5.29. The maximum absolute atomic E-state index is 11.9. The highest BCUT2D eigenvalue weighted by molar-refractivity contribution is 5.80. The predicted molar refractivity (Wildman–Crippen MR) is 65.4 cm³/mol. The van der Waals surface area contributed by atoms with Crippen LogP contribution in [0.3, 0.4) is 0 Å². The van der Waals surface area contributed by atoms with Gasteiger partial charge in [-0.1, -0.05) is 30.3 Å². The fourth-order valence-corrected chi connectivity index (χ4v) is 2.35. The number of hydrogen-bond acceptors (Lipinski definition) is 3. The standard InChI is InChI=1S/C13H18N2O2/c1-17-8-7-15-12(16)9-11(14)13(15)10-5-3-2-4-6-10/h2-6,11,13H,7-9,14H2,1H3. The Balaban J connectivity index is 2.20. The van der Waals surface area contributed by atoms with Gasteiger partial charge in [-0.15, -0.1) is 0 Å². The summed E-state index contributed by atoms with van der Waals surface area (Å²) in [6, 6.07) is 9.80. The number of amides is 1.